The number of hydrogen-bond acceptors (Lipinski definition) is 4. The van der Waals surface area contributed by atoms with Gasteiger partial charge in [0.1, 0.15) is 16.5 Å². The molecule has 26 heavy (non-hydrogen) atoms. The van der Waals surface area contributed by atoms with Crippen molar-refractivity contribution in [1.29, 1.82) is 0 Å². The molecule has 1 aliphatic rings. The molecule has 4 nitrogen and oxygen atoms in total. The van der Waals surface area contributed by atoms with E-state index < -0.39 is 5.66 Å². The van der Waals surface area contributed by atoms with Crippen molar-refractivity contribution in [2.24, 2.45) is 9.98 Å². The minimum absolute atomic E-state index is 0.165. The highest BCUT2D eigenvalue weighted by molar-refractivity contribution is 8.16. The molecule has 0 aliphatic carbocycles. The molecule has 0 unspecified atom stereocenters. The van der Waals surface area contributed by atoms with E-state index in [2.05, 4.69) is 5.32 Å². The fraction of sp³-hybridized carbons (Fsp3) is 0.250. The van der Waals surface area contributed by atoms with Gasteiger partial charge in [-0.25, -0.2) is 9.38 Å². The molecule has 2 aromatic carbocycles. The molecule has 2 aromatic rings. The molecule has 0 bridgehead atoms. The van der Waals surface area contributed by atoms with Gasteiger partial charge in [-0.1, -0.05) is 49.0 Å². The number of nitrogens with zero attached hydrogens (tertiary/aromatic N) is 2. The summed E-state index contributed by atoms with van der Waals surface area (Å²) in [5.74, 6) is -0.288. The zero-order chi connectivity index (χ0) is 18.6. The lowest BCUT2D eigenvalue weighted by Crippen LogP contribution is -2.17. The highest BCUT2D eigenvalue weighted by atomic mass is 32.2. The Kier molecular flexibility index (Phi) is 5.52. The van der Waals surface area contributed by atoms with Gasteiger partial charge < -0.3 is 5.32 Å². The number of carbonyl (C=O) groups excluding carboxylic acids is 1. The van der Waals surface area contributed by atoms with Crippen LogP contribution in [0.15, 0.2) is 64.6 Å². The fourth-order valence-electron chi connectivity index (χ4n) is 2.49. The molecule has 1 amide bonds. The summed E-state index contributed by atoms with van der Waals surface area (Å²) in [6, 6.07) is 15.6. The van der Waals surface area contributed by atoms with Crippen LogP contribution in [0.5, 0.6) is 0 Å². The smallest absolute Gasteiger partial charge is 0.234 e. The largest absolute Gasteiger partial charge is 0.325 e. The predicted octanol–water partition coefficient (Wildman–Crippen LogP) is 4.53. The Labute approximate surface area is 156 Å². The number of benzene rings is 2. The number of halogens is 1. The molecule has 1 atom stereocenters. The van der Waals surface area contributed by atoms with Gasteiger partial charge in [-0.2, -0.15) is 0 Å². The maximum Gasteiger partial charge on any atom is 0.234 e. The summed E-state index contributed by atoms with van der Waals surface area (Å²) < 4.78 is 12.9. The standard InChI is InChI=1S/C20H20FN3OS/c1-3-20(2)23-18(14-7-5-4-6-8-14)19(24-20)26-13-17(25)22-16-11-9-15(21)10-12-16/h4-12H,3,13H2,1-2H3,(H,22,25)/t20-/m0/s1. The molecule has 0 saturated heterocycles. The number of hydrogen-bond donors (Lipinski definition) is 1. The number of nitrogens with one attached hydrogen (secondary N) is 1. The summed E-state index contributed by atoms with van der Waals surface area (Å²) in [6.07, 6.45) is 0.787. The van der Waals surface area contributed by atoms with Crippen molar-refractivity contribution >= 4 is 34.1 Å². The summed E-state index contributed by atoms with van der Waals surface area (Å²) in [5.41, 5.74) is 1.91. The lowest BCUT2D eigenvalue weighted by Gasteiger charge is -2.13. The summed E-state index contributed by atoms with van der Waals surface area (Å²) >= 11 is 1.37. The van der Waals surface area contributed by atoms with Crippen LogP contribution in [0.3, 0.4) is 0 Å². The lowest BCUT2D eigenvalue weighted by molar-refractivity contribution is -0.113. The third kappa shape index (κ3) is 4.38. The highest BCUT2D eigenvalue weighted by Gasteiger charge is 2.31. The van der Waals surface area contributed by atoms with Crippen molar-refractivity contribution in [3.63, 3.8) is 0 Å². The molecule has 0 spiro atoms. The third-order valence-corrected chi connectivity index (χ3v) is 5.05. The van der Waals surface area contributed by atoms with Crippen LogP contribution in [0.2, 0.25) is 0 Å². The molecular weight excluding hydrogens is 349 g/mol. The maximum atomic E-state index is 12.9. The summed E-state index contributed by atoms with van der Waals surface area (Å²) in [6.45, 7) is 4.03. The fourth-order valence-corrected chi connectivity index (χ4v) is 3.39. The lowest BCUT2D eigenvalue weighted by atomic mass is 10.1. The first kappa shape index (κ1) is 18.3. The van der Waals surface area contributed by atoms with Gasteiger partial charge in [-0.05, 0) is 37.6 Å². The number of rotatable bonds is 5. The molecule has 1 N–H and O–H groups in total. The van der Waals surface area contributed by atoms with Gasteiger partial charge in [0.05, 0.1) is 11.5 Å². The average Bonchev–Trinajstić information content (AvgIpc) is 3.00. The van der Waals surface area contributed by atoms with Crippen molar-refractivity contribution in [3.05, 3.63) is 66.0 Å². The topological polar surface area (TPSA) is 53.8 Å². The molecule has 1 heterocycles. The van der Waals surface area contributed by atoms with E-state index in [1.165, 1.54) is 36.0 Å². The number of amides is 1. The third-order valence-electron chi connectivity index (χ3n) is 4.08. The Hall–Kier alpha value is -2.47. The summed E-state index contributed by atoms with van der Waals surface area (Å²) in [5, 5.41) is 3.53. The Morgan fingerprint density at radius 2 is 1.81 bits per heavy atom. The molecule has 0 saturated carbocycles. The van der Waals surface area contributed by atoms with Crippen LogP contribution < -0.4 is 5.32 Å². The van der Waals surface area contributed by atoms with E-state index in [0.29, 0.717) is 5.69 Å². The Morgan fingerprint density at radius 1 is 1.12 bits per heavy atom. The van der Waals surface area contributed by atoms with Crippen LogP contribution >= 0.6 is 11.8 Å². The van der Waals surface area contributed by atoms with E-state index in [1.54, 1.807) is 0 Å². The molecule has 0 aromatic heterocycles. The summed E-state index contributed by atoms with van der Waals surface area (Å²) in [7, 11) is 0. The molecule has 134 valence electrons. The summed E-state index contributed by atoms with van der Waals surface area (Å²) in [4.78, 5) is 21.7. The minimum Gasteiger partial charge on any atom is -0.325 e. The maximum absolute atomic E-state index is 12.9. The Bertz CT molecular complexity index is 849. The number of thioether (sulfide) groups is 1. The zero-order valence-corrected chi connectivity index (χ0v) is 15.5. The van der Waals surface area contributed by atoms with Gasteiger partial charge in [0, 0.05) is 11.3 Å². The van der Waals surface area contributed by atoms with Crippen molar-refractivity contribution < 1.29 is 9.18 Å². The first-order valence-electron chi connectivity index (χ1n) is 8.43. The van der Waals surface area contributed by atoms with Gasteiger partial charge in [-0.15, -0.1) is 0 Å². The van der Waals surface area contributed by atoms with Crippen LogP contribution in [0.25, 0.3) is 0 Å². The van der Waals surface area contributed by atoms with E-state index in [0.717, 1.165) is 22.7 Å². The number of anilines is 1. The van der Waals surface area contributed by atoms with Gasteiger partial charge in [-0.3, -0.25) is 9.79 Å². The highest BCUT2D eigenvalue weighted by Crippen LogP contribution is 2.29. The molecule has 1 aliphatic heterocycles. The van der Waals surface area contributed by atoms with Crippen LogP contribution in [-0.2, 0) is 4.79 Å². The van der Waals surface area contributed by atoms with E-state index >= 15 is 0 Å². The monoisotopic (exact) mass is 369 g/mol. The minimum atomic E-state index is -0.485. The Morgan fingerprint density at radius 3 is 2.46 bits per heavy atom. The van der Waals surface area contributed by atoms with E-state index in [4.69, 9.17) is 9.98 Å². The number of aliphatic imine (C=N–C) groups is 2. The molecular formula is C20H20FN3OS. The predicted molar refractivity (Wildman–Crippen MR) is 107 cm³/mol. The Balaban J connectivity index is 1.69. The molecule has 3 rings (SSSR count). The molecule has 6 heteroatoms. The van der Waals surface area contributed by atoms with E-state index in [1.807, 2.05) is 44.2 Å². The normalized spacial score (nSPS) is 19.0. The van der Waals surface area contributed by atoms with Crippen LogP contribution in [0, 0.1) is 5.82 Å². The van der Waals surface area contributed by atoms with Gasteiger partial charge >= 0.3 is 0 Å². The van der Waals surface area contributed by atoms with Gasteiger partial charge in [0.2, 0.25) is 5.91 Å². The van der Waals surface area contributed by atoms with E-state index in [9.17, 15) is 9.18 Å². The van der Waals surface area contributed by atoms with Crippen LogP contribution in [0.1, 0.15) is 25.8 Å². The molecule has 0 fully saturated rings. The second-order valence-corrected chi connectivity index (χ2v) is 7.12. The van der Waals surface area contributed by atoms with Gasteiger partial charge in [0.15, 0.2) is 0 Å². The number of carbonyl (C=O) groups is 1. The van der Waals surface area contributed by atoms with Crippen LogP contribution in [0.4, 0.5) is 10.1 Å². The average molecular weight is 369 g/mol. The van der Waals surface area contributed by atoms with Crippen molar-refractivity contribution in [3.8, 4) is 0 Å². The second-order valence-electron chi connectivity index (χ2n) is 6.16. The SMILES string of the molecule is CC[C@]1(C)N=C(SCC(=O)Nc2ccc(F)cc2)C(c2ccccc2)=N1. The molecule has 0 radical (unpaired) electrons. The second kappa shape index (κ2) is 7.83. The first-order chi connectivity index (χ1) is 12.5. The van der Waals surface area contributed by atoms with Crippen molar-refractivity contribution in [2.45, 2.75) is 25.9 Å². The van der Waals surface area contributed by atoms with Crippen molar-refractivity contribution in [2.75, 3.05) is 11.1 Å². The van der Waals surface area contributed by atoms with Gasteiger partial charge in [0.25, 0.3) is 0 Å². The van der Waals surface area contributed by atoms with E-state index in [-0.39, 0.29) is 17.5 Å². The zero-order valence-electron chi connectivity index (χ0n) is 14.7. The van der Waals surface area contributed by atoms with Crippen molar-refractivity contribution in [1.82, 2.24) is 0 Å². The quantitative estimate of drug-likeness (QED) is 0.842. The van der Waals surface area contributed by atoms with Crippen LogP contribution in [-0.4, -0.2) is 28.1 Å². The first-order valence-corrected chi connectivity index (χ1v) is 9.41.